The van der Waals surface area contributed by atoms with E-state index in [1.165, 1.54) is 29.2 Å². The molecule has 3 heterocycles. The van der Waals surface area contributed by atoms with E-state index in [4.69, 9.17) is 5.11 Å². The zero-order valence-corrected chi connectivity index (χ0v) is 16.9. The van der Waals surface area contributed by atoms with Gasteiger partial charge in [0, 0.05) is 6.42 Å². The molecule has 0 bridgehead atoms. The highest BCUT2D eigenvalue weighted by Crippen LogP contribution is 2.32. The summed E-state index contributed by atoms with van der Waals surface area (Å²) in [4.78, 5) is 16.4. The van der Waals surface area contributed by atoms with Crippen LogP contribution in [0.1, 0.15) is 16.8 Å². The lowest BCUT2D eigenvalue weighted by molar-refractivity contribution is -0.307. The minimum Gasteiger partial charge on any atom is -0.363 e. The molecule has 1 unspecified atom stereocenters. The molecule has 0 aliphatic carbocycles. The molecule has 0 radical (unpaired) electrons. The fourth-order valence-corrected chi connectivity index (χ4v) is 2.96. The molecule has 1 aromatic carbocycles. The third-order valence-corrected chi connectivity index (χ3v) is 4.71. The highest BCUT2D eigenvalue weighted by atomic mass is 19.4. The number of hydrogen-bond acceptors (Lipinski definition) is 8. The number of fused-ring (bicyclic) bond motifs is 1. The van der Waals surface area contributed by atoms with Gasteiger partial charge in [-0.15, -0.1) is 0 Å². The van der Waals surface area contributed by atoms with Crippen LogP contribution in [-0.2, 0) is 6.42 Å². The molecule has 0 saturated heterocycles. The predicted molar refractivity (Wildman–Crippen MR) is 106 cm³/mol. The molecule has 0 saturated carbocycles. The van der Waals surface area contributed by atoms with Crippen molar-refractivity contribution < 1.29 is 27.1 Å². The standard InChI is InChI=1S/C20H13F5N8O/c21-13-4-2-1-3-11(13)5-14-18-29-10-30-33(18)8-15(31-14)17-27-7-12(6-26)16(32-17)28-9-19(22,34)20(23,24)25/h1-4,7-8,10,34H,5,9H2,(H,27,28,32). The number of aromatic nitrogens is 6. The van der Waals surface area contributed by atoms with Gasteiger partial charge in [-0.2, -0.15) is 23.5 Å². The monoisotopic (exact) mass is 476 g/mol. The van der Waals surface area contributed by atoms with Crippen LogP contribution in [0.25, 0.3) is 17.2 Å². The zero-order valence-electron chi connectivity index (χ0n) is 16.9. The molecule has 174 valence electrons. The van der Waals surface area contributed by atoms with E-state index in [2.05, 4.69) is 25.0 Å². The molecule has 0 aliphatic heterocycles. The molecule has 1 atom stereocenters. The fraction of sp³-hybridized carbons (Fsp3) is 0.200. The molecular formula is C20H13F5N8O. The second-order valence-corrected chi connectivity index (χ2v) is 7.05. The van der Waals surface area contributed by atoms with Crippen molar-refractivity contribution >= 4 is 11.5 Å². The van der Waals surface area contributed by atoms with Crippen molar-refractivity contribution in [2.45, 2.75) is 18.5 Å². The summed E-state index contributed by atoms with van der Waals surface area (Å²) in [5.41, 5.74) is 0.734. The summed E-state index contributed by atoms with van der Waals surface area (Å²) in [7, 11) is 0. The maximum absolute atomic E-state index is 14.2. The van der Waals surface area contributed by atoms with Crippen molar-refractivity contribution in [1.29, 1.82) is 5.26 Å². The second-order valence-electron chi connectivity index (χ2n) is 7.05. The molecule has 0 amide bonds. The topological polar surface area (TPSA) is 125 Å². The third-order valence-electron chi connectivity index (χ3n) is 4.71. The Morgan fingerprint density at radius 2 is 1.88 bits per heavy atom. The van der Waals surface area contributed by atoms with E-state index >= 15 is 0 Å². The Hall–Kier alpha value is -4.25. The van der Waals surface area contributed by atoms with Crippen molar-refractivity contribution in [3.63, 3.8) is 0 Å². The molecule has 14 heteroatoms. The lowest BCUT2D eigenvalue weighted by Gasteiger charge is -2.22. The van der Waals surface area contributed by atoms with Gasteiger partial charge in [0.05, 0.1) is 24.6 Å². The third kappa shape index (κ3) is 4.46. The first-order chi connectivity index (χ1) is 16.1. The molecule has 9 nitrogen and oxygen atoms in total. The van der Waals surface area contributed by atoms with Gasteiger partial charge >= 0.3 is 12.0 Å². The molecule has 4 rings (SSSR count). The number of halogens is 5. The van der Waals surface area contributed by atoms with Gasteiger partial charge in [-0.3, -0.25) is 0 Å². The van der Waals surface area contributed by atoms with E-state index in [9.17, 15) is 27.2 Å². The number of aliphatic hydroxyl groups is 1. The van der Waals surface area contributed by atoms with Gasteiger partial charge in [0.1, 0.15) is 35.3 Å². The Morgan fingerprint density at radius 3 is 2.59 bits per heavy atom. The van der Waals surface area contributed by atoms with Gasteiger partial charge in [-0.1, -0.05) is 18.2 Å². The van der Waals surface area contributed by atoms with Gasteiger partial charge in [-0.05, 0) is 11.6 Å². The summed E-state index contributed by atoms with van der Waals surface area (Å²) in [6.45, 7) is -1.62. The van der Waals surface area contributed by atoms with Crippen LogP contribution in [0.15, 0.2) is 43.0 Å². The maximum atomic E-state index is 14.2. The summed E-state index contributed by atoms with van der Waals surface area (Å²) < 4.78 is 66.9. The normalized spacial score (nSPS) is 13.4. The van der Waals surface area contributed by atoms with Crippen molar-refractivity contribution in [1.82, 2.24) is 29.5 Å². The average molecular weight is 476 g/mol. The van der Waals surface area contributed by atoms with Crippen molar-refractivity contribution in [3.8, 4) is 17.6 Å². The first kappa shape index (κ1) is 22.9. The molecule has 34 heavy (non-hydrogen) atoms. The van der Waals surface area contributed by atoms with E-state index in [0.29, 0.717) is 16.9 Å². The quantitative estimate of drug-likeness (QED) is 0.407. The lowest BCUT2D eigenvalue weighted by Crippen LogP contribution is -2.46. The van der Waals surface area contributed by atoms with Crippen molar-refractivity contribution in [2.24, 2.45) is 0 Å². The van der Waals surface area contributed by atoms with Crippen LogP contribution < -0.4 is 5.32 Å². The van der Waals surface area contributed by atoms with Crippen LogP contribution in [0, 0.1) is 17.1 Å². The van der Waals surface area contributed by atoms with Crippen LogP contribution in [0.3, 0.4) is 0 Å². The number of rotatable bonds is 6. The number of anilines is 1. The maximum Gasteiger partial charge on any atom is 0.450 e. The molecule has 3 aromatic heterocycles. The van der Waals surface area contributed by atoms with Crippen LogP contribution in [-0.4, -0.2) is 53.2 Å². The fourth-order valence-electron chi connectivity index (χ4n) is 2.96. The minimum atomic E-state index is -5.57. The van der Waals surface area contributed by atoms with E-state index in [1.54, 1.807) is 18.2 Å². The second kappa shape index (κ2) is 8.60. The Kier molecular flexibility index (Phi) is 5.80. The summed E-state index contributed by atoms with van der Waals surface area (Å²) in [5, 5.41) is 24.2. The van der Waals surface area contributed by atoms with E-state index in [-0.39, 0.29) is 23.5 Å². The van der Waals surface area contributed by atoms with Gasteiger partial charge < -0.3 is 10.4 Å². The first-order valence-electron chi connectivity index (χ1n) is 9.51. The van der Waals surface area contributed by atoms with Crippen LogP contribution >= 0.6 is 0 Å². The lowest BCUT2D eigenvalue weighted by atomic mass is 10.1. The Balaban J connectivity index is 1.72. The van der Waals surface area contributed by atoms with E-state index in [1.807, 2.05) is 5.32 Å². The Bertz CT molecular complexity index is 1400. The van der Waals surface area contributed by atoms with Gasteiger partial charge in [0.25, 0.3) is 0 Å². The summed E-state index contributed by atoms with van der Waals surface area (Å²) in [6, 6.07) is 7.70. The summed E-state index contributed by atoms with van der Waals surface area (Å²) in [5.74, 6) is -5.63. The first-order valence-corrected chi connectivity index (χ1v) is 9.51. The van der Waals surface area contributed by atoms with Gasteiger partial charge in [0.2, 0.25) is 0 Å². The van der Waals surface area contributed by atoms with Crippen molar-refractivity contribution in [2.75, 3.05) is 11.9 Å². The molecule has 0 fully saturated rings. The molecule has 0 spiro atoms. The number of alkyl halides is 4. The Morgan fingerprint density at radius 1 is 1.12 bits per heavy atom. The smallest absolute Gasteiger partial charge is 0.363 e. The highest BCUT2D eigenvalue weighted by molar-refractivity contribution is 5.59. The number of nitrogens with one attached hydrogen (secondary N) is 1. The van der Waals surface area contributed by atoms with E-state index in [0.717, 1.165) is 6.20 Å². The summed E-state index contributed by atoms with van der Waals surface area (Å²) >= 11 is 0. The van der Waals surface area contributed by atoms with Gasteiger partial charge in [-0.25, -0.2) is 33.2 Å². The number of nitrogens with zero attached hydrogens (tertiary/aromatic N) is 7. The molecule has 2 N–H and O–H groups in total. The average Bonchev–Trinajstić information content (AvgIpc) is 3.27. The predicted octanol–water partition coefficient (Wildman–Crippen LogP) is 2.82. The highest BCUT2D eigenvalue weighted by Gasteiger charge is 2.55. The molecule has 4 aromatic rings. The van der Waals surface area contributed by atoms with Crippen LogP contribution in [0.4, 0.5) is 27.8 Å². The number of nitriles is 1. The SMILES string of the molecule is N#Cc1cnc(-c2cn3ncnc3c(Cc3ccccc3F)n2)nc1NCC(O)(F)C(F)(F)F. The van der Waals surface area contributed by atoms with Crippen molar-refractivity contribution in [3.05, 3.63) is 65.6 Å². The van der Waals surface area contributed by atoms with E-state index < -0.39 is 30.2 Å². The largest absolute Gasteiger partial charge is 0.450 e. The Labute approximate surface area is 187 Å². The summed E-state index contributed by atoms with van der Waals surface area (Å²) in [6.07, 6.45) is -1.91. The minimum absolute atomic E-state index is 0.0323. The van der Waals surface area contributed by atoms with Crippen LogP contribution in [0.2, 0.25) is 0 Å². The molecular weight excluding hydrogens is 463 g/mol. The number of hydrogen-bond donors (Lipinski definition) is 2. The van der Waals surface area contributed by atoms with Crippen LogP contribution in [0.5, 0.6) is 0 Å². The van der Waals surface area contributed by atoms with Gasteiger partial charge in [0.15, 0.2) is 11.5 Å². The molecule has 0 aliphatic rings. The zero-order chi connectivity index (χ0) is 24.5. The number of benzene rings is 1.